The van der Waals surface area contributed by atoms with E-state index in [1.165, 1.54) is 0 Å². The second kappa shape index (κ2) is 6.08. The first-order valence-corrected chi connectivity index (χ1v) is 6.60. The highest BCUT2D eigenvalue weighted by Crippen LogP contribution is 2.32. The molecule has 0 amide bonds. The lowest BCUT2D eigenvalue weighted by Crippen LogP contribution is -2.25. The molecule has 102 valence electrons. The molecule has 0 aliphatic rings. The van der Waals surface area contributed by atoms with Crippen molar-refractivity contribution in [2.45, 2.75) is 13.0 Å². The van der Waals surface area contributed by atoms with Gasteiger partial charge in [-0.3, -0.25) is 4.68 Å². The van der Waals surface area contributed by atoms with E-state index in [0.717, 1.165) is 23.6 Å². The molecule has 0 saturated heterocycles. The van der Waals surface area contributed by atoms with E-state index in [0.29, 0.717) is 5.02 Å². The lowest BCUT2D eigenvalue weighted by atomic mass is 10.0. The zero-order valence-electron chi connectivity index (χ0n) is 11.4. The van der Waals surface area contributed by atoms with E-state index >= 15 is 0 Å². The third-order valence-electron chi connectivity index (χ3n) is 3.07. The predicted octanol–water partition coefficient (Wildman–Crippen LogP) is 2.78. The number of hydrogen-bond acceptors (Lipinski definition) is 3. The highest BCUT2D eigenvalue weighted by molar-refractivity contribution is 6.31. The van der Waals surface area contributed by atoms with Crippen molar-refractivity contribution in [3.05, 3.63) is 46.7 Å². The van der Waals surface area contributed by atoms with Crippen LogP contribution in [0.3, 0.4) is 0 Å². The van der Waals surface area contributed by atoms with Gasteiger partial charge in [0.15, 0.2) is 0 Å². The number of nitrogens with one attached hydrogen (secondary N) is 1. The van der Waals surface area contributed by atoms with Gasteiger partial charge in [-0.1, -0.05) is 36.7 Å². The largest absolute Gasteiger partial charge is 0.496 e. The van der Waals surface area contributed by atoms with Crippen LogP contribution in [-0.4, -0.2) is 23.4 Å². The monoisotopic (exact) mass is 279 g/mol. The van der Waals surface area contributed by atoms with Crippen LogP contribution in [0.1, 0.15) is 24.2 Å². The smallest absolute Gasteiger partial charge is 0.124 e. The van der Waals surface area contributed by atoms with E-state index in [1.54, 1.807) is 18.0 Å². The molecular formula is C14H18ClN3O. The minimum Gasteiger partial charge on any atom is -0.496 e. The molecule has 0 saturated carbocycles. The Bertz CT molecular complexity index is 534. The van der Waals surface area contributed by atoms with Crippen molar-refractivity contribution in [2.24, 2.45) is 7.05 Å². The number of hydrogen-bond donors (Lipinski definition) is 1. The van der Waals surface area contributed by atoms with Crippen molar-refractivity contribution >= 4 is 11.6 Å². The van der Waals surface area contributed by atoms with Crippen molar-refractivity contribution in [1.82, 2.24) is 15.1 Å². The summed E-state index contributed by atoms with van der Waals surface area (Å²) in [6, 6.07) is 7.89. The Morgan fingerprint density at radius 2 is 2.16 bits per heavy atom. The van der Waals surface area contributed by atoms with Crippen LogP contribution in [0.15, 0.2) is 30.5 Å². The van der Waals surface area contributed by atoms with E-state index in [1.807, 2.05) is 31.3 Å². The van der Waals surface area contributed by atoms with Crippen LogP contribution in [-0.2, 0) is 7.05 Å². The number of nitrogens with zero attached hydrogens (tertiary/aromatic N) is 2. The fraction of sp³-hybridized carbons (Fsp3) is 0.357. The average molecular weight is 280 g/mol. The number of methoxy groups -OCH3 is 1. The maximum absolute atomic E-state index is 6.26. The Morgan fingerprint density at radius 1 is 1.42 bits per heavy atom. The third kappa shape index (κ3) is 2.74. The molecule has 2 rings (SSSR count). The van der Waals surface area contributed by atoms with Gasteiger partial charge in [-0.2, -0.15) is 5.10 Å². The summed E-state index contributed by atoms with van der Waals surface area (Å²) in [4.78, 5) is 0. The first-order chi connectivity index (χ1) is 9.19. The van der Waals surface area contributed by atoms with Gasteiger partial charge in [-0.05, 0) is 12.6 Å². The highest BCUT2D eigenvalue weighted by Gasteiger charge is 2.22. The number of aromatic nitrogens is 2. The van der Waals surface area contributed by atoms with Gasteiger partial charge >= 0.3 is 0 Å². The molecule has 0 radical (unpaired) electrons. The molecule has 2 aromatic rings. The molecule has 4 nitrogen and oxygen atoms in total. The summed E-state index contributed by atoms with van der Waals surface area (Å²) < 4.78 is 7.23. The summed E-state index contributed by atoms with van der Waals surface area (Å²) >= 11 is 6.26. The van der Waals surface area contributed by atoms with Gasteiger partial charge in [0, 0.05) is 12.6 Å². The van der Waals surface area contributed by atoms with Gasteiger partial charge in [0.05, 0.1) is 30.1 Å². The fourth-order valence-corrected chi connectivity index (χ4v) is 2.48. The van der Waals surface area contributed by atoms with Crippen LogP contribution in [0.5, 0.6) is 5.75 Å². The van der Waals surface area contributed by atoms with Crippen molar-refractivity contribution in [3.8, 4) is 5.75 Å². The van der Waals surface area contributed by atoms with E-state index in [4.69, 9.17) is 16.3 Å². The number of ether oxygens (including phenoxy) is 1. The zero-order chi connectivity index (χ0) is 13.8. The summed E-state index contributed by atoms with van der Waals surface area (Å²) in [5.41, 5.74) is 1.99. The van der Waals surface area contributed by atoms with Crippen molar-refractivity contribution in [2.75, 3.05) is 13.7 Å². The second-order valence-corrected chi connectivity index (χ2v) is 4.64. The number of para-hydroxylation sites is 1. The van der Waals surface area contributed by atoms with Crippen molar-refractivity contribution < 1.29 is 4.74 Å². The Morgan fingerprint density at radius 3 is 2.74 bits per heavy atom. The van der Waals surface area contributed by atoms with Gasteiger partial charge in [-0.25, -0.2) is 0 Å². The number of halogens is 1. The van der Waals surface area contributed by atoms with Crippen LogP contribution >= 0.6 is 11.6 Å². The average Bonchev–Trinajstić information content (AvgIpc) is 2.76. The van der Waals surface area contributed by atoms with Gasteiger partial charge < -0.3 is 10.1 Å². The van der Waals surface area contributed by atoms with E-state index in [2.05, 4.69) is 17.3 Å². The molecule has 1 aromatic heterocycles. The molecule has 1 unspecified atom stereocenters. The van der Waals surface area contributed by atoms with E-state index < -0.39 is 0 Å². The molecular weight excluding hydrogens is 262 g/mol. The summed E-state index contributed by atoms with van der Waals surface area (Å²) in [6.45, 7) is 2.89. The van der Waals surface area contributed by atoms with E-state index in [-0.39, 0.29) is 6.04 Å². The lowest BCUT2D eigenvalue weighted by Gasteiger charge is -2.21. The zero-order valence-corrected chi connectivity index (χ0v) is 12.1. The van der Waals surface area contributed by atoms with Crippen LogP contribution in [0.4, 0.5) is 0 Å². The maximum Gasteiger partial charge on any atom is 0.124 e. The summed E-state index contributed by atoms with van der Waals surface area (Å²) in [5, 5.41) is 8.29. The molecule has 19 heavy (non-hydrogen) atoms. The normalized spacial score (nSPS) is 12.4. The molecule has 1 heterocycles. The number of aryl methyl sites for hydroxylation is 1. The maximum atomic E-state index is 6.26. The van der Waals surface area contributed by atoms with E-state index in [9.17, 15) is 0 Å². The first kappa shape index (κ1) is 13.9. The van der Waals surface area contributed by atoms with Crippen LogP contribution in [0.25, 0.3) is 0 Å². The quantitative estimate of drug-likeness (QED) is 0.915. The molecule has 5 heteroatoms. The van der Waals surface area contributed by atoms with Gasteiger partial charge in [0.1, 0.15) is 5.75 Å². The lowest BCUT2D eigenvalue weighted by molar-refractivity contribution is 0.403. The Labute approximate surface area is 118 Å². The highest BCUT2D eigenvalue weighted by atomic mass is 35.5. The minimum absolute atomic E-state index is 0.0406. The van der Waals surface area contributed by atoms with Crippen molar-refractivity contribution in [1.29, 1.82) is 0 Å². The molecule has 1 aromatic carbocycles. The fourth-order valence-electron chi connectivity index (χ4n) is 2.21. The van der Waals surface area contributed by atoms with Gasteiger partial charge in [0.2, 0.25) is 0 Å². The summed E-state index contributed by atoms with van der Waals surface area (Å²) in [7, 11) is 3.56. The van der Waals surface area contributed by atoms with Crippen LogP contribution in [0, 0.1) is 0 Å². The van der Waals surface area contributed by atoms with Crippen LogP contribution < -0.4 is 10.1 Å². The topological polar surface area (TPSA) is 39.1 Å². The number of benzene rings is 1. The summed E-state index contributed by atoms with van der Waals surface area (Å²) in [6.07, 6.45) is 1.66. The third-order valence-corrected chi connectivity index (χ3v) is 3.36. The SMILES string of the molecule is CCNC(c1ccccc1OC)c1c(Cl)cnn1C. The predicted molar refractivity (Wildman–Crippen MR) is 76.7 cm³/mol. The summed E-state index contributed by atoms with van der Waals surface area (Å²) in [5.74, 6) is 0.839. The van der Waals surface area contributed by atoms with Crippen LogP contribution in [0.2, 0.25) is 5.02 Å². The first-order valence-electron chi connectivity index (χ1n) is 6.22. The van der Waals surface area contributed by atoms with Gasteiger partial charge in [-0.15, -0.1) is 0 Å². The second-order valence-electron chi connectivity index (χ2n) is 4.23. The molecule has 0 bridgehead atoms. The molecule has 0 fully saturated rings. The molecule has 0 spiro atoms. The Balaban J connectivity index is 2.51. The Kier molecular flexibility index (Phi) is 4.45. The van der Waals surface area contributed by atoms with Gasteiger partial charge in [0.25, 0.3) is 0 Å². The standard InChI is InChI=1S/C14H18ClN3O/c1-4-16-13(14-11(15)9-17-18(14)2)10-7-5-6-8-12(10)19-3/h5-9,13,16H,4H2,1-3H3. The van der Waals surface area contributed by atoms with Crippen molar-refractivity contribution in [3.63, 3.8) is 0 Å². The molecule has 0 aliphatic heterocycles. The Hall–Kier alpha value is -1.52. The molecule has 1 N–H and O–H groups in total. The number of rotatable bonds is 5. The molecule has 1 atom stereocenters. The minimum atomic E-state index is -0.0406. The molecule has 0 aliphatic carbocycles.